The van der Waals surface area contributed by atoms with Gasteiger partial charge in [0.25, 0.3) is 10.0 Å². The van der Waals surface area contributed by atoms with Crippen molar-refractivity contribution in [1.29, 1.82) is 0 Å². The lowest BCUT2D eigenvalue weighted by Gasteiger charge is -2.22. The molecule has 0 aliphatic heterocycles. The van der Waals surface area contributed by atoms with Crippen molar-refractivity contribution in [2.45, 2.75) is 38.0 Å². The zero-order chi connectivity index (χ0) is 17.7. The smallest absolute Gasteiger partial charge is 0.237 e. The molecule has 0 amide bonds. The van der Waals surface area contributed by atoms with Gasteiger partial charge in [-0.25, -0.2) is 12.4 Å². The van der Waals surface area contributed by atoms with Crippen LogP contribution in [-0.4, -0.2) is 12.4 Å². The van der Waals surface area contributed by atoms with Gasteiger partial charge < -0.3 is 0 Å². The van der Waals surface area contributed by atoms with Crippen LogP contribution >= 0.6 is 11.6 Å². The van der Waals surface area contributed by atoms with Gasteiger partial charge >= 0.3 is 0 Å². The summed E-state index contributed by atoms with van der Waals surface area (Å²) >= 11 is 6.08. The first-order valence-corrected chi connectivity index (χ1v) is 9.56. The number of fused-ring (bicyclic) bond motifs is 1. The van der Waals surface area contributed by atoms with E-state index in [1.54, 1.807) is 30.3 Å². The van der Waals surface area contributed by atoms with Gasteiger partial charge in [0.2, 0.25) is 0 Å². The highest BCUT2D eigenvalue weighted by Crippen LogP contribution is 2.34. The third kappa shape index (κ3) is 2.85. The highest BCUT2D eigenvalue weighted by atomic mass is 35.5. The minimum Gasteiger partial charge on any atom is -0.237 e. The quantitative estimate of drug-likeness (QED) is 0.634. The van der Waals surface area contributed by atoms with Gasteiger partial charge in [-0.3, -0.25) is 0 Å². The predicted molar refractivity (Wildman–Crippen MR) is 99.4 cm³/mol. The minimum absolute atomic E-state index is 0.283. The Morgan fingerprint density at radius 2 is 1.58 bits per heavy atom. The van der Waals surface area contributed by atoms with E-state index in [-0.39, 0.29) is 10.3 Å². The monoisotopic (exact) mass is 361 g/mol. The summed E-state index contributed by atoms with van der Waals surface area (Å²) in [6.45, 7) is 7.95. The maximum absolute atomic E-state index is 13.3. The molecular formula is C19H20ClNO2S. The van der Waals surface area contributed by atoms with Crippen molar-refractivity contribution in [2.75, 3.05) is 0 Å². The van der Waals surface area contributed by atoms with Gasteiger partial charge in [0.1, 0.15) is 0 Å². The van der Waals surface area contributed by atoms with Crippen molar-refractivity contribution >= 4 is 32.5 Å². The Bertz CT molecular complexity index is 1010. The molecular weight excluding hydrogens is 342 g/mol. The van der Waals surface area contributed by atoms with Crippen molar-refractivity contribution in [3.05, 3.63) is 64.8 Å². The van der Waals surface area contributed by atoms with Gasteiger partial charge in [-0.15, -0.1) is 0 Å². The Labute approximate surface area is 147 Å². The molecule has 0 bridgehead atoms. The highest BCUT2D eigenvalue weighted by Gasteiger charge is 2.28. The van der Waals surface area contributed by atoms with Crippen molar-refractivity contribution in [3.63, 3.8) is 0 Å². The van der Waals surface area contributed by atoms with E-state index in [0.717, 1.165) is 16.6 Å². The van der Waals surface area contributed by atoms with Crippen LogP contribution in [0.1, 0.15) is 32.0 Å². The fourth-order valence-corrected chi connectivity index (χ4v) is 4.64. The highest BCUT2D eigenvalue weighted by molar-refractivity contribution is 7.90. The van der Waals surface area contributed by atoms with Crippen molar-refractivity contribution in [1.82, 2.24) is 3.97 Å². The van der Waals surface area contributed by atoms with E-state index in [1.807, 2.05) is 45.9 Å². The second-order valence-corrected chi connectivity index (χ2v) is 9.29. The van der Waals surface area contributed by atoms with E-state index in [1.165, 1.54) is 3.97 Å². The largest absolute Gasteiger partial charge is 0.268 e. The lowest BCUT2D eigenvalue weighted by atomic mass is 9.92. The molecule has 0 saturated carbocycles. The standard InChI is InChI=1S/C19H20ClNO2S/c1-13-5-8-16(9-6-13)24(22,23)21-17-10-7-15(20)11-14(17)12-18(21)19(2,3)4/h5-12H,1-4H3. The van der Waals surface area contributed by atoms with Crippen LogP contribution in [0.5, 0.6) is 0 Å². The number of aryl methyl sites for hydroxylation is 1. The molecule has 0 aliphatic carbocycles. The Morgan fingerprint density at radius 1 is 0.958 bits per heavy atom. The Hall–Kier alpha value is -1.78. The predicted octanol–water partition coefficient (Wildman–Crippen LogP) is 5.14. The molecule has 3 rings (SSSR count). The van der Waals surface area contributed by atoms with Crippen LogP contribution in [0.3, 0.4) is 0 Å². The maximum Gasteiger partial charge on any atom is 0.268 e. The Morgan fingerprint density at radius 3 is 2.17 bits per heavy atom. The van der Waals surface area contributed by atoms with Crippen LogP contribution in [-0.2, 0) is 15.4 Å². The third-order valence-electron chi connectivity index (χ3n) is 4.05. The topological polar surface area (TPSA) is 39.1 Å². The Balaban J connectivity index is 2.37. The van der Waals surface area contributed by atoms with E-state index < -0.39 is 10.0 Å². The molecule has 0 saturated heterocycles. The fourth-order valence-electron chi connectivity index (χ4n) is 2.76. The number of nitrogens with zero attached hydrogens (tertiary/aromatic N) is 1. The molecule has 0 N–H and O–H groups in total. The van der Waals surface area contributed by atoms with Crippen LogP contribution in [0.2, 0.25) is 5.02 Å². The van der Waals surface area contributed by atoms with Crippen LogP contribution in [0.25, 0.3) is 10.9 Å². The first-order chi connectivity index (χ1) is 11.1. The van der Waals surface area contributed by atoms with Crippen molar-refractivity contribution in [2.24, 2.45) is 0 Å². The molecule has 0 aliphatic rings. The van der Waals surface area contributed by atoms with Gasteiger partial charge in [-0.2, -0.15) is 0 Å². The molecule has 0 fully saturated rings. The SMILES string of the molecule is Cc1ccc(S(=O)(=O)n2c(C(C)(C)C)cc3cc(Cl)ccc32)cc1. The number of aromatic nitrogens is 1. The normalized spacial score (nSPS) is 12.7. The summed E-state index contributed by atoms with van der Waals surface area (Å²) in [6, 6.07) is 14.1. The van der Waals surface area contributed by atoms with Gasteiger partial charge in [0, 0.05) is 21.5 Å². The van der Waals surface area contributed by atoms with Gasteiger partial charge in [-0.1, -0.05) is 50.1 Å². The number of benzene rings is 2. The molecule has 1 heterocycles. The van der Waals surface area contributed by atoms with Crippen LogP contribution in [0, 0.1) is 6.92 Å². The van der Waals surface area contributed by atoms with Gasteiger partial charge in [-0.05, 0) is 43.3 Å². The molecule has 0 atom stereocenters. The van der Waals surface area contributed by atoms with Crippen LogP contribution in [0.4, 0.5) is 0 Å². The third-order valence-corrected chi connectivity index (χ3v) is 6.02. The lowest BCUT2D eigenvalue weighted by molar-refractivity contribution is 0.547. The second kappa shape index (κ2) is 5.64. The van der Waals surface area contributed by atoms with Crippen LogP contribution in [0.15, 0.2) is 53.4 Å². The zero-order valence-corrected chi connectivity index (χ0v) is 15.7. The average Bonchev–Trinajstić information content (AvgIpc) is 2.87. The summed E-state index contributed by atoms with van der Waals surface area (Å²) in [5.74, 6) is 0. The first kappa shape index (κ1) is 17.1. The number of hydrogen-bond donors (Lipinski definition) is 0. The van der Waals surface area contributed by atoms with Crippen LogP contribution < -0.4 is 0 Å². The molecule has 0 radical (unpaired) electrons. The molecule has 3 nitrogen and oxygen atoms in total. The second-order valence-electron chi connectivity index (χ2n) is 7.07. The van der Waals surface area contributed by atoms with E-state index in [0.29, 0.717) is 10.5 Å². The molecule has 24 heavy (non-hydrogen) atoms. The molecule has 1 aromatic heterocycles. The van der Waals surface area contributed by atoms with E-state index in [4.69, 9.17) is 11.6 Å². The summed E-state index contributed by atoms with van der Waals surface area (Å²) in [7, 11) is -3.69. The molecule has 0 spiro atoms. The van der Waals surface area contributed by atoms with Gasteiger partial charge in [0.05, 0.1) is 10.4 Å². The Kier molecular flexibility index (Phi) is 4.01. The van der Waals surface area contributed by atoms with Gasteiger partial charge in [0.15, 0.2) is 0 Å². The molecule has 126 valence electrons. The van der Waals surface area contributed by atoms with E-state index in [9.17, 15) is 8.42 Å². The molecule has 3 aromatic rings. The van der Waals surface area contributed by atoms with E-state index in [2.05, 4.69) is 0 Å². The number of rotatable bonds is 2. The van der Waals surface area contributed by atoms with E-state index >= 15 is 0 Å². The average molecular weight is 362 g/mol. The fraction of sp³-hybridized carbons (Fsp3) is 0.263. The summed E-state index contributed by atoms with van der Waals surface area (Å²) in [5, 5.41) is 1.41. The number of halogens is 1. The summed E-state index contributed by atoms with van der Waals surface area (Å²) in [4.78, 5) is 0.283. The number of hydrogen-bond acceptors (Lipinski definition) is 2. The summed E-state index contributed by atoms with van der Waals surface area (Å²) < 4.78 is 28.1. The van der Waals surface area contributed by atoms with Crippen molar-refractivity contribution in [3.8, 4) is 0 Å². The summed E-state index contributed by atoms with van der Waals surface area (Å²) in [6.07, 6.45) is 0. The molecule has 5 heteroatoms. The maximum atomic E-state index is 13.3. The zero-order valence-electron chi connectivity index (χ0n) is 14.2. The minimum atomic E-state index is -3.69. The lowest BCUT2D eigenvalue weighted by Crippen LogP contribution is -2.23. The first-order valence-electron chi connectivity index (χ1n) is 7.74. The summed E-state index contributed by atoms with van der Waals surface area (Å²) in [5.41, 5.74) is 2.07. The molecule has 2 aromatic carbocycles. The molecule has 0 unspecified atom stereocenters. The van der Waals surface area contributed by atoms with Crippen molar-refractivity contribution < 1.29 is 8.42 Å².